The Kier molecular flexibility index (Phi) is 9.78. The first-order valence-corrected chi connectivity index (χ1v) is 12.5. The second kappa shape index (κ2) is 12.8. The van der Waals surface area contributed by atoms with Crippen LogP contribution in [-0.4, -0.2) is 57.1 Å². The summed E-state index contributed by atoms with van der Waals surface area (Å²) in [7, 11) is -0.0696. The Hall–Kier alpha value is -2.57. The molecule has 3 rings (SSSR count). The predicted octanol–water partition coefficient (Wildman–Crippen LogP) is 2.65. The number of nitrogens with zero attached hydrogens (tertiary/aromatic N) is 3. The van der Waals surface area contributed by atoms with Gasteiger partial charge in [-0.25, -0.2) is 9.37 Å². The zero-order valence-electron chi connectivity index (χ0n) is 18.7. The van der Waals surface area contributed by atoms with Gasteiger partial charge in [-0.1, -0.05) is 17.8 Å². The highest BCUT2D eigenvalue weighted by Gasteiger charge is 2.14. The minimum absolute atomic E-state index is 0.000513. The lowest BCUT2D eigenvalue weighted by atomic mass is 10.2. The van der Waals surface area contributed by atoms with Crippen molar-refractivity contribution < 1.29 is 27.7 Å². The van der Waals surface area contributed by atoms with Gasteiger partial charge in [0, 0.05) is 19.2 Å². The van der Waals surface area contributed by atoms with E-state index in [-0.39, 0.29) is 41.9 Å². The summed E-state index contributed by atoms with van der Waals surface area (Å²) >= 11 is 1.15. The van der Waals surface area contributed by atoms with E-state index in [1.165, 1.54) is 32.5 Å². The summed E-state index contributed by atoms with van der Waals surface area (Å²) in [6.07, 6.45) is 1.64. The predicted molar refractivity (Wildman–Crippen MR) is 127 cm³/mol. The molecule has 0 aliphatic carbocycles. The maximum absolute atomic E-state index is 13.9. The van der Waals surface area contributed by atoms with Crippen molar-refractivity contribution in [3.05, 3.63) is 46.3 Å². The van der Waals surface area contributed by atoms with E-state index < -0.39 is 19.8 Å². The molecule has 1 unspecified atom stereocenters. The van der Waals surface area contributed by atoms with Crippen LogP contribution in [0.15, 0.2) is 29.3 Å². The fourth-order valence-corrected chi connectivity index (χ4v) is 4.49. The van der Waals surface area contributed by atoms with E-state index in [9.17, 15) is 14.0 Å². The number of methoxy groups -OCH3 is 1. The average Bonchev–Trinajstić information content (AvgIpc) is 3.20. The first kappa shape index (κ1) is 26.0. The van der Waals surface area contributed by atoms with Gasteiger partial charge in [-0.2, -0.15) is 4.98 Å². The molecule has 3 N–H and O–H groups in total. The van der Waals surface area contributed by atoms with E-state index >= 15 is 0 Å². The van der Waals surface area contributed by atoms with Crippen molar-refractivity contribution in [3.8, 4) is 5.75 Å². The van der Waals surface area contributed by atoms with E-state index in [2.05, 4.69) is 15.0 Å². The van der Waals surface area contributed by atoms with E-state index in [0.29, 0.717) is 30.1 Å². The van der Waals surface area contributed by atoms with Crippen LogP contribution in [0, 0.1) is 5.82 Å². The van der Waals surface area contributed by atoms with Crippen LogP contribution in [0.25, 0.3) is 11.2 Å². The number of hydrogen-bond acceptors (Lipinski definition) is 10. The quantitative estimate of drug-likeness (QED) is 0.259. The lowest BCUT2D eigenvalue weighted by Crippen LogP contribution is -2.13. The fourth-order valence-electron chi connectivity index (χ4n) is 2.82. The van der Waals surface area contributed by atoms with E-state index in [1.54, 1.807) is 10.6 Å². The Morgan fingerprint density at radius 1 is 1.32 bits per heavy atom. The molecule has 0 fully saturated rings. The molecule has 0 saturated carbocycles. The number of hydrogen-bond donors (Lipinski definition) is 2. The number of anilines is 1. The van der Waals surface area contributed by atoms with Gasteiger partial charge in [-0.15, -0.1) is 0 Å². The zero-order chi connectivity index (χ0) is 24.5. The van der Waals surface area contributed by atoms with Gasteiger partial charge >= 0.3 is 0 Å². The molecule has 0 aliphatic heterocycles. The number of carbonyl (C=O) groups excluding carboxylic acids is 1. The fraction of sp³-hybridized carbons (Fsp3) is 0.400. The SMILES string of the molecule is COc1ccc(COP(COCCn2cnc3c(=O)[nH]c(N)nc32)OCCSC(C)=O)cc1F. The second-order valence-corrected chi connectivity index (χ2v) is 9.56. The minimum atomic E-state index is -1.47. The van der Waals surface area contributed by atoms with Crippen molar-refractivity contribution in [2.45, 2.75) is 20.1 Å². The number of rotatable bonds is 13. The van der Waals surface area contributed by atoms with Gasteiger partial charge in [0.1, 0.15) is 6.35 Å². The molecule has 1 atom stereocenters. The molecule has 0 bridgehead atoms. The molecule has 184 valence electrons. The molecule has 0 saturated heterocycles. The number of halogens is 1. The van der Waals surface area contributed by atoms with Gasteiger partial charge in [0.05, 0.1) is 33.3 Å². The maximum Gasteiger partial charge on any atom is 0.280 e. The minimum Gasteiger partial charge on any atom is -0.494 e. The first-order valence-electron chi connectivity index (χ1n) is 10.1. The summed E-state index contributed by atoms with van der Waals surface area (Å²) in [5.74, 6) is 0.154. The maximum atomic E-state index is 13.9. The third-order valence-electron chi connectivity index (χ3n) is 4.38. The molecule has 11 nitrogen and oxygen atoms in total. The standard InChI is InChI=1S/C20H25FN5O6PS/c1-13(27)34-8-7-31-33(32-10-14-3-4-16(29-2)15(21)9-14)12-30-6-5-26-11-23-17-18(26)24-20(22)25-19(17)28/h3-4,9,11H,5-8,10,12H2,1-2H3,(H3,22,24,25,28). The van der Waals surface area contributed by atoms with Gasteiger partial charge in [-0.05, 0) is 17.7 Å². The van der Waals surface area contributed by atoms with Crippen molar-refractivity contribution in [1.29, 1.82) is 0 Å². The molecular weight excluding hydrogens is 488 g/mol. The van der Waals surface area contributed by atoms with Crippen LogP contribution in [0.5, 0.6) is 5.75 Å². The zero-order valence-corrected chi connectivity index (χ0v) is 20.4. The van der Waals surface area contributed by atoms with Gasteiger partial charge in [0.25, 0.3) is 5.56 Å². The second-order valence-electron chi connectivity index (χ2n) is 6.85. The number of ether oxygens (including phenoxy) is 2. The largest absolute Gasteiger partial charge is 0.494 e. The Morgan fingerprint density at radius 2 is 2.15 bits per heavy atom. The smallest absolute Gasteiger partial charge is 0.280 e. The highest BCUT2D eigenvalue weighted by atomic mass is 32.2. The van der Waals surface area contributed by atoms with E-state index in [1.807, 2.05) is 0 Å². The van der Waals surface area contributed by atoms with Crippen molar-refractivity contribution in [2.75, 3.05) is 38.2 Å². The number of nitrogens with two attached hydrogens (primary N) is 1. The van der Waals surface area contributed by atoms with Gasteiger partial charge in [0.15, 0.2) is 36.2 Å². The normalized spacial score (nSPS) is 12.2. The summed E-state index contributed by atoms with van der Waals surface area (Å²) < 4.78 is 37.8. The number of aromatic nitrogens is 4. The Balaban J connectivity index is 1.53. The highest BCUT2D eigenvalue weighted by molar-refractivity contribution is 8.13. The van der Waals surface area contributed by atoms with Crippen LogP contribution in [0.1, 0.15) is 12.5 Å². The number of fused-ring (bicyclic) bond motifs is 1. The number of imidazole rings is 1. The molecule has 34 heavy (non-hydrogen) atoms. The molecule has 0 amide bonds. The van der Waals surface area contributed by atoms with E-state index in [0.717, 1.165) is 11.8 Å². The Morgan fingerprint density at radius 3 is 2.88 bits per heavy atom. The van der Waals surface area contributed by atoms with Crippen LogP contribution in [0.4, 0.5) is 10.3 Å². The van der Waals surface area contributed by atoms with Crippen LogP contribution in [0.3, 0.4) is 0 Å². The topological polar surface area (TPSA) is 144 Å². The molecule has 3 aromatic rings. The molecular formula is C20H25FN5O6PS. The summed E-state index contributed by atoms with van der Waals surface area (Å²) in [5, 5.41) is -0.000513. The first-order chi connectivity index (χ1) is 16.4. The Bertz CT molecular complexity index is 1180. The number of nitrogens with one attached hydrogen (secondary N) is 1. The molecule has 2 heterocycles. The number of carbonyl (C=O) groups is 1. The molecule has 0 aliphatic rings. The molecule has 14 heteroatoms. The number of H-pyrrole nitrogens is 1. The van der Waals surface area contributed by atoms with Crippen LogP contribution in [0.2, 0.25) is 0 Å². The number of nitrogen functional groups attached to an aromatic ring is 1. The summed E-state index contributed by atoms with van der Waals surface area (Å²) in [5.41, 5.74) is 6.37. The van der Waals surface area contributed by atoms with Crippen molar-refractivity contribution >= 4 is 42.4 Å². The van der Waals surface area contributed by atoms with Crippen LogP contribution in [-0.2, 0) is 31.7 Å². The van der Waals surface area contributed by atoms with Crippen LogP contribution < -0.4 is 16.0 Å². The van der Waals surface area contributed by atoms with E-state index in [4.69, 9.17) is 24.3 Å². The third kappa shape index (κ3) is 7.47. The summed E-state index contributed by atoms with van der Waals surface area (Å²) in [6, 6.07) is 4.56. The van der Waals surface area contributed by atoms with Gasteiger partial charge < -0.3 is 28.8 Å². The van der Waals surface area contributed by atoms with Crippen LogP contribution >= 0.6 is 20.1 Å². The summed E-state index contributed by atoms with van der Waals surface area (Å²) in [6.45, 7) is 2.55. The van der Waals surface area contributed by atoms with Crippen molar-refractivity contribution in [2.24, 2.45) is 0 Å². The lowest BCUT2D eigenvalue weighted by Gasteiger charge is -2.18. The highest BCUT2D eigenvalue weighted by Crippen LogP contribution is 2.39. The van der Waals surface area contributed by atoms with Gasteiger partial charge in [0.2, 0.25) is 5.95 Å². The van der Waals surface area contributed by atoms with Crippen molar-refractivity contribution in [3.63, 3.8) is 0 Å². The average molecular weight is 513 g/mol. The third-order valence-corrected chi connectivity index (χ3v) is 6.44. The monoisotopic (exact) mass is 513 g/mol. The molecule has 0 spiro atoms. The number of benzene rings is 1. The lowest BCUT2D eigenvalue weighted by molar-refractivity contribution is -0.109. The number of thioether (sulfide) groups is 1. The van der Waals surface area contributed by atoms with Gasteiger partial charge in [-0.3, -0.25) is 14.6 Å². The molecule has 1 aromatic carbocycles. The number of aromatic amines is 1. The molecule has 0 radical (unpaired) electrons. The van der Waals surface area contributed by atoms with Crippen molar-refractivity contribution in [1.82, 2.24) is 19.5 Å². The Labute approximate surface area is 200 Å². The summed E-state index contributed by atoms with van der Waals surface area (Å²) in [4.78, 5) is 33.5. The molecule has 2 aromatic heterocycles.